The Morgan fingerprint density at radius 1 is 0.872 bits per heavy atom. The summed E-state index contributed by atoms with van der Waals surface area (Å²) in [6, 6.07) is 17.1. The summed E-state index contributed by atoms with van der Waals surface area (Å²) < 4.78 is 8.67. The fourth-order valence-electron chi connectivity index (χ4n) is 5.33. The molecular formula is C32H38ClN3O2Ru. The van der Waals surface area contributed by atoms with Crippen LogP contribution in [0.5, 0.6) is 0 Å². The molecule has 1 saturated heterocycles. The second-order valence-corrected chi connectivity index (χ2v) is 11.6. The molecule has 0 N–H and O–H groups in total. The molecule has 1 aliphatic rings. The van der Waals surface area contributed by atoms with E-state index in [0.717, 1.165) is 24.3 Å². The Kier molecular flexibility index (Phi) is 10.5. The summed E-state index contributed by atoms with van der Waals surface area (Å²) in [5, 5.41) is 0. The van der Waals surface area contributed by atoms with Crippen molar-refractivity contribution in [2.75, 3.05) is 29.5 Å². The fraction of sp³-hybridized carbons (Fsp3) is 0.312. The summed E-state index contributed by atoms with van der Waals surface area (Å²) in [5.41, 5.74) is 12.2. The SMILES string of the molecule is CCOC(=O)C=Nc1ccccc1[CH]=[Ru]=[C]1N(c2c(C)cc(C)cc2C)CCN1c1c(C)cc(C)cc1C.Cl. The molecule has 7 heteroatoms. The molecule has 0 unspecified atom stereocenters. The van der Waals surface area contributed by atoms with E-state index in [1.807, 2.05) is 18.2 Å². The molecule has 0 atom stereocenters. The molecule has 0 aliphatic carbocycles. The van der Waals surface area contributed by atoms with Crippen molar-refractivity contribution in [3.63, 3.8) is 0 Å². The Morgan fingerprint density at radius 2 is 1.36 bits per heavy atom. The first-order valence-corrected chi connectivity index (χ1v) is 14.9. The Hall–Kier alpha value is -2.95. The molecule has 1 heterocycles. The molecule has 0 saturated carbocycles. The van der Waals surface area contributed by atoms with Crippen LogP contribution < -0.4 is 9.80 Å². The average molecular weight is 633 g/mol. The van der Waals surface area contributed by atoms with E-state index in [0.29, 0.717) is 6.61 Å². The first-order valence-electron chi connectivity index (χ1n) is 13.0. The molecule has 0 radical (unpaired) electrons. The van der Waals surface area contributed by atoms with Crippen molar-refractivity contribution in [3.8, 4) is 0 Å². The third kappa shape index (κ3) is 6.98. The van der Waals surface area contributed by atoms with Gasteiger partial charge >= 0.3 is 234 Å². The molecule has 0 amide bonds. The number of aliphatic imine (C=N–C) groups is 1. The average Bonchev–Trinajstić information content (AvgIpc) is 3.23. The monoisotopic (exact) mass is 633 g/mol. The minimum absolute atomic E-state index is 0. The number of hydrogen-bond donors (Lipinski definition) is 0. The third-order valence-electron chi connectivity index (χ3n) is 6.57. The van der Waals surface area contributed by atoms with Gasteiger partial charge in [0.05, 0.1) is 0 Å². The number of anilines is 2. The van der Waals surface area contributed by atoms with Crippen LogP contribution in [0.4, 0.5) is 17.1 Å². The third-order valence-corrected chi connectivity index (χ3v) is 8.75. The maximum absolute atomic E-state index is 11.9. The topological polar surface area (TPSA) is 45.1 Å². The number of rotatable bonds is 6. The molecule has 0 bridgehead atoms. The summed E-state index contributed by atoms with van der Waals surface area (Å²) in [5.74, 6) is -0.423. The molecule has 3 aromatic carbocycles. The van der Waals surface area contributed by atoms with Gasteiger partial charge in [-0.15, -0.1) is 12.4 Å². The predicted molar refractivity (Wildman–Crippen MR) is 165 cm³/mol. The van der Waals surface area contributed by atoms with Gasteiger partial charge in [-0.3, -0.25) is 0 Å². The van der Waals surface area contributed by atoms with Crippen LogP contribution >= 0.6 is 12.4 Å². The molecule has 0 spiro atoms. The molecule has 1 aliphatic heterocycles. The number of aryl methyl sites for hydroxylation is 6. The Morgan fingerprint density at radius 3 is 1.85 bits per heavy atom. The Labute approximate surface area is 245 Å². The van der Waals surface area contributed by atoms with E-state index in [2.05, 4.69) is 91.3 Å². The van der Waals surface area contributed by atoms with Crippen LogP contribution in [0, 0.1) is 41.5 Å². The van der Waals surface area contributed by atoms with Crippen molar-refractivity contribution in [1.82, 2.24) is 0 Å². The van der Waals surface area contributed by atoms with Crippen molar-refractivity contribution in [1.29, 1.82) is 0 Å². The first kappa shape index (κ1) is 30.6. The van der Waals surface area contributed by atoms with E-state index in [1.165, 1.54) is 55.3 Å². The Balaban J connectivity index is 0.00000420. The predicted octanol–water partition coefficient (Wildman–Crippen LogP) is 6.57. The minimum atomic E-state index is -0.423. The van der Waals surface area contributed by atoms with Gasteiger partial charge in [0.1, 0.15) is 0 Å². The second kappa shape index (κ2) is 13.4. The van der Waals surface area contributed by atoms with Gasteiger partial charge in [0.25, 0.3) is 0 Å². The van der Waals surface area contributed by atoms with E-state index >= 15 is 0 Å². The van der Waals surface area contributed by atoms with Crippen molar-refractivity contribution >= 4 is 50.6 Å². The van der Waals surface area contributed by atoms with Gasteiger partial charge in [-0.1, -0.05) is 0 Å². The standard InChI is InChI=1S/C21H26N2.C11H11NO2.ClH.Ru/c1-14-9-16(3)20(17(4)10-14)22-7-8-23(13-22)21-18(5)11-15(2)12-19(21)6;1-3-14-11(13)8-12-10-7-5-4-6-9(10)2;;/h9-12H,7-8H2,1-6H3;2,4-8H,3H2,1H3;1H;. The van der Waals surface area contributed by atoms with Gasteiger partial charge in [-0.2, -0.15) is 0 Å². The number of carbonyl (C=O) groups excluding carboxylic acids is 1. The fourth-order valence-corrected chi connectivity index (χ4v) is 7.57. The number of para-hydroxylation sites is 1. The molecule has 4 rings (SSSR count). The zero-order chi connectivity index (χ0) is 27.4. The second-order valence-electron chi connectivity index (χ2n) is 9.83. The summed E-state index contributed by atoms with van der Waals surface area (Å²) in [4.78, 5) is 21.4. The van der Waals surface area contributed by atoms with Gasteiger partial charge in [-0.05, 0) is 0 Å². The normalized spacial score (nSPS) is 13.2. The molecule has 208 valence electrons. The quantitative estimate of drug-likeness (QED) is 0.175. The van der Waals surface area contributed by atoms with Crippen LogP contribution in [0.1, 0.15) is 45.9 Å². The van der Waals surface area contributed by atoms with Gasteiger partial charge in [-0.25, -0.2) is 0 Å². The summed E-state index contributed by atoms with van der Waals surface area (Å²) in [6.07, 6.45) is 1.27. The van der Waals surface area contributed by atoms with Crippen molar-refractivity contribution < 1.29 is 25.8 Å². The van der Waals surface area contributed by atoms with E-state index in [-0.39, 0.29) is 28.6 Å². The molecule has 3 aromatic rings. The zero-order valence-corrected chi connectivity index (χ0v) is 26.4. The van der Waals surface area contributed by atoms with Gasteiger partial charge < -0.3 is 0 Å². The van der Waals surface area contributed by atoms with Crippen molar-refractivity contribution in [2.45, 2.75) is 48.5 Å². The smallest absolute Gasteiger partial charge is 0.147 e. The molecule has 1 fully saturated rings. The zero-order valence-electron chi connectivity index (χ0n) is 23.8. The maximum atomic E-state index is 11.9. The molecular weight excluding hydrogens is 595 g/mol. The van der Waals surface area contributed by atoms with Crippen LogP contribution in [0.15, 0.2) is 53.5 Å². The van der Waals surface area contributed by atoms with Gasteiger partial charge in [0, 0.05) is 0 Å². The minimum Gasteiger partial charge on any atom is -0.147 e. The van der Waals surface area contributed by atoms with E-state index in [1.54, 1.807) is 6.92 Å². The van der Waals surface area contributed by atoms with E-state index in [4.69, 9.17) is 4.74 Å². The van der Waals surface area contributed by atoms with Crippen molar-refractivity contribution in [2.24, 2.45) is 4.99 Å². The molecule has 5 nitrogen and oxygen atoms in total. The number of nitrogens with zero attached hydrogens (tertiary/aromatic N) is 3. The van der Waals surface area contributed by atoms with Crippen molar-refractivity contribution in [3.05, 3.63) is 87.5 Å². The number of halogens is 1. The van der Waals surface area contributed by atoms with E-state index < -0.39 is 5.97 Å². The van der Waals surface area contributed by atoms with E-state index in [9.17, 15) is 4.79 Å². The molecule has 0 aromatic heterocycles. The summed E-state index contributed by atoms with van der Waals surface area (Å²) in [6.45, 7) is 17.2. The largest absolute Gasteiger partial charge is 0.147 e. The Bertz CT molecular complexity index is 1360. The van der Waals surface area contributed by atoms with Gasteiger partial charge in [0.15, 0.2) is 0 Å². The number of ether oxygens (including phenoxy) is 1. The number of esters is 1. The van der Waals surface area contributed by atoms with Crippen LogP contribution in [-0.2, 0) is 25.8 Å². The number of benzene rings is 3. The van der Waals surface area contributed by atoms with Crippen LogP contribution in [-0.4, -0.2) is 40.8 Å². The van der Waals surface area contributed by atoms with Crippen LogP contribution in [0.2, 0.25) is 0 Å². The number of hydrogen-bond acceptors (Lipinski definition) is 5. The molecule has 39 heavy (non-hydrogen) atoms. The number of carbonyl (C=O) groups is 1. The first-order chi connectivity index (χ1) is 18.2. The maximum Gasteiger partial charge on any atom is -0.147 e. The van der Waals surface area contributed by atoms with Crippen LogP contribution in [0.25, 0.3) is 0 Å². The summed E-state index contributed by atoms with van der Waals surface area (Å²) >= 11 is -0.321. The summed E-state index contributed by atoms with van der Waals surface area (Å²) in [7, 11) is 0. The van der Waals surface area contributed by atoms with Gasteiger partial charge in [0.2, 0.25) is 0 Å². The van der Waals surface area contributed by atoms with Crippen LogP contribution in [0.3, 0.4) is 0 Å².